The number of halogens is 4. The lowest BCUT2D eigenvalue weighted by atomic mass is 10.1. The fourth-order valence-corrected chi connectivity index (χ4v) is 3.19. The monoisotopic (exact) mass is 448 g/mol. The zero-order chi connectivity index (χ0) is 23.1. The van der Waals surface area contributed by atoms with E-state index < -0.39 is 29.6 Å². The molecule has 1 aromatic rings. The van der Waals surface area contributed by atoms with Gasteiger partial charge in [-0.1, -0.05) is 57.8 Å². The van der Waals surface area contributed by atoms with Crippen LogP contribution in [0.1, 0.15) is 82.6 Å². The summed E-state index contributed by atoms with van der Waals surface area (Å²) in [6, 6.07) is 1.69. The maximum atomic E-state index is 13.5. The Morgan fingerprint density at radius 3 is 1.84 bits per heavy atom. The molecular formula is C22H32F4N2O3. The fraction of sp³-hybridized carbons (Fsp3) is 0.636. The highest BCUT2D eigenvalue weighted by Gasteiger charge is 2.33. The lowest BCUT2D eigenvalue weighted by molar-refractivity contribution is -0.140. The van der Waals surface area contributed by atoms with Crippen molar-refractivity contribution < 1.29 is 32.3 Å². The molecule has 0 fully saturated rings. The minimum Gasteiger partial charge on any atom is -0.481 e. The Balaban J connectivity index is 1.99. The van der Waals surface area contributed by atoms with E-state index in [9.17, 15) is 27.2 Å². The summed E-state index contributed by atoms with van der Waals surface area (Å²) in [6.07, 6.45) is 6.86. The summed E-state index contributed by atoms with van der Waals surface area (Å²) in [5, 5.41) is 13.5. The Bertz CT molecular complexity index is 681. The minimum atomic E-state index is -4.77. The molecule has 0 aliphatic rings. The van der Waals surface area contributed by atoms with Crippen LogP contribution in [-0.2, 0) is 11.0 Å². The number of benzene rings is 1. The van der Waals surface area contributed by atoms with Crippen LogP contribution in [0, 0.1) is 5.82 Å². The summed E-state index contributed by atoms with van der Waals surface area (Å²) in [7, 11) is 0. The molecule has 1 rings (SSSR count). The topological polar surface area (TPSA) is 78.4 Å². The van der Waals surface area contributed by atoms with Crippen LogP contribution in [-0.4, -0.2) is 23.7 Å². The first kappa shape index (κ1) is 26.7. The van der Waals surface area contributed by atoms with E-state index in [1.807, 2.05) is 0 Å². The SMILES string of the molecule is O=C(O)CCCCCCCCCCCCCNC(=O)Nc1ccc(C(F)(F)F)c(F)c1. The van der Waals surface area contributed by atoms with Crippen LogP contribution in [0.3, 0.4) is 0 Å². The van der Waals surface area contributed by atoms with Crippen LogP contribution in [0.2, 0.25) is 0 Å². The molecule has 5 nitrogen and oxygen atoms in total. The highest BCUT2D eigenvalue weighted by Crippen LogP contribution is 2.32. The van der Waals surface area contributed by atoms with Crippen LogP contribution < -0.4 is 10.6 Å². The molecule has 0 aliphatic heterocycles. The van der Waals surface area contributed by atoms with Crippen molar-refractivity contribution >= 4 is 17.7 Å². The van der Waals surface area contributed by atoms with Crippen LogP contribution in [0.25, 0.3) is 0 Å². The van der Waals surface area contributed by atoms with Crippen molar-refractivity contribution in [3.05, 3.63) is 29.6 Å². The molecule has 0 spiro atoms. The van der Waals surface area contributed by atoms with Crippen molar-refractivity contribution in [2.24, 2.45) is 0 Å². The van der Waals surface area contributed by atoms with E-state index in [0.29, 0.717) is 18.7 Å². The van der Waals surface area contributed by atoms with E-state index in [-0.39, 0.29) is 12.1 Å². The summed E-state index contributed by atoms with van der Waals surface area (Å²) in [6.45, 7) is 0.436. The molecule has 0 saturated heterocycles. The van der Waals surface area contributed by atoms with Gasteiger partial charge in [0.15, 0.2) is 0 Å². The number of alkyl halides is 3. The van der Waals surface area contributed by atoms with Crippen molar-refractivity contribution in [2.45, 2.75) is 83.2 Å². The van der Waals surface area contributed by atoms with Gasteiger partial charge in [-0.25, -0.2) is 9.18 Å². The average molecular weight is 449 g/mol. The molecule has 1 aromatic carbocycles. The minimum absolute atomic E-state index is 0.0371. The molecular weight excluding hydrogens is 416 g/mol. The highest BCUT2D eigenvalue weighted by molar-refractivity contribution is 5.89. The summed E-state index contributed by atoms with van der Waals surface area (Å²) in [5.41, 5.74) is -1.40. The van der Waals surface area contributed by atoms with Crippen molar-refractivity contribution in [1.29, 1.82) is 0 Å². The maximum Gasteiger partial charge on any atom is 0.419 e. The molecule has 0 bridgehead atoms. The lowest BCUT2D eigenvalue weighted by Gasteiger charge is -2.11. The Hall–Kier alpha value is -2.32. The second-order valence-electron chi connectivity index (χ2n) is 7.61. The number of amides is 2. The molecule has 0 aliphatic carbocycles. The summed E-state index contributed by atoms with van der Waals surface area (Å²) in [5.74, 6) is -2.16. The molecule has 2 amide bonds. The van der Waals surface area contributed by atoms with E-state index in [4.69, 9.17) is 5.11 Å². The van der Waals surface area contributed by atoms with Crippen molar-refractivity contribution in [3.8, 4) is 0 Å². The van der Waals surface area contributed by atoms with Gasteiger partial charge in [0.25, 0.3) is 0 Å². The molecule has 9 heteroatoms. The number of carboxylic acid groups (broad SMARTS) is 1. The molecule has 3 N–H and O–H groups in total. The first-order valence-corrected chi connectivity index (χ1v) is 10.8. The Kier molecular flexibility index (Phi) is 12.6. The maximum absolute atomic E-state index is 13.5. The molecule has 0 unspecified atom stereocenters. The predicted octanol–water partition coefficient (Wildman–Crippen LogP) is 6.73. The van der Waals surface area contributed by atoms with Crippen molar-refractivity contribution in [2.75, 3.05) is 11.9 Å². The lowest BCUT2D eigenvalue weighted by Crippen LogP contribution is -2.29. The van der Waals surface area contributed by atoms with Gasteiger partial charge in [0.2, 0.25) is 0 Å². The second kappa shape index (κ2) is 14.6. The first-order valence-electron chi connectivity index (χ1n) is 10.8. The largest absolute Gasteiger partial charge is 0.481 e. The molecule has 0 atom stereocenters. The zero-order valence-corrected chi connectivity index (χ0v) is 17.7. The number of anilines is 1. The molecule has 0 heterocycles. The van der Waals surface area contributed by atoms with Gasteiger partial charge in [-0.05, 0) is 31.0 Å². The van der Waals surface area contributed by atoms with Gasteiger partial charge in [-0.2, -0.15) is 13.2 Å². The van der Waals surface area contributed by atoms with Gasteiger partial charge >= 0.3 is 18.2 Å². The van der Waals surface area contributed by atoms with Gasteiger partial charge in [-0.15, -0.1) is 0 Å². The number of hydrogen-bond donors (Lipinski definition) is 3. The second-order valence-corrected chi connectivity index (χ2v) is 7.61. The van der Waals surface area contributed by atoms with Crippen LogP contribution in [0.15, 0.2) is 18.2 Å². The molecule has 31 heavy (non-hydrogen) atoms. The Labute approximate surface area is 180 Å². The van der Waals surface area contributed by atoms with Gasteiger partial charge in [0.05, 0.1) is 5.56 Å². The number of hydrogen-bond acceptors (Lipinski definition) is 2. The molecule has 0 saturated carbocycles. The predicted molar refractivity (Wildman–Crippen MR) is 111 cm³/mol. The number of carboxylic acids is 1. The van der Waals surface area contributed by atoms with E-state index in [1.165, 1.54) is 12.8 Å². The summed E-state index contributed by atoms with van der Waals surface area (Å²) in [4.78, 5) is 22.1. The smallest absolute Gasteiger partial charge is 0.419 e. The van der Waals surface area contributed by atoms with Crippen molar-refractivity contribution in [1.82, 2.24) is 5.32 Å². The van der Waals surface area contributed by atoms with Gasteiger partial charge < -0.3 is 15.7 Å². The van der Waals surface area contributed by atoms with Gasteiger partial charge in [-0.3, -0.25) is 4.79 Å². The number of carbonyl (C=O) groups excluding carboxylic acids is 1. The average Bonchev–Trinajstić information content (AvgIpc) is 2.67. The zero-order valence-electron chi connectivity index (χ0n) is 17.7. The summed E-state index contributed by atoms with van der Waals surface area (Å²) < 4.78 is 51.0. The Morgan fingerprint density at radius 2 is 1.35 bits per heavy atom. The van der Waals surface area contributed by atoms with E-state index in [1.54, 1.807) is 0 Å². The number of rotatable bonds is 15. The van der Waals surface area contributed by atoms with Gasteiger partial charge in [0.1, 0.15) is 5.82 Å². The standard InChI is InChI=1S/C22H32F4N2O3/c23-19-16-17(13-14-18(19)22(24,25)26)28-21(31)27-15-11-9-7-5-3-1-2-4-6-8-10-12-20(29)30/h13-14,16H,1-12,15H2,(H,29,30)(H2,27,28,31). The highest BCUT2D eigenvalue weighted by atomic mass is 19.4. The quantitative estimate of drug-likeness (QED) is 0.206. The number of urea groups is 1. The number of nitrogens with one attached hydrogen (secondary N) is 2. The fourth-order valence-electron chi connectivity index (χ4n) is 3.19. The first-order chi connectivity index (χ1) is 14.7. The van der Waals surface area contributed by atoms with Crippen molar-refractivity contribution in [3.63, 3.8) is 0 Å². The third-order valence-electron chi connectivity index (χ3n) is 4.89. The molecule has 0 aromatic heterocycles. The van der Waals surface area contributed by atoms with Crippen LogP contribution >= 0.6 is 0 Å². The van der Waals surface area contributed by atoms with E-state index in [2.05, 4.69) is 10.6 Å². The normalized spacial score (nSPS) is 11.4. The number of carbonyl (C=O) groups is 2. The summed E-state index contributed by atoms with van der Waals surface area (Å²) >= 11 is 0. The van der Waals surface area contributed by atoms with E-state index >= 15 is 0 Å². The molecule has 176 valence electrons. The third kappa shape index (κ3) is 12.9. The number of unbranched alkanes of at least 4 members (excludes halogenated alkanes) is 10. The number of aliphatic carboxylic acids is 1. The van der Waals surface area contributed by atoms with Crippen LogP contribution in [0.4, 0.5) is 28.0 Å². The Morgan fingerprint density at radius 1 is 0.839 bits per heavy atom. The third-order valence-corrected chi connectivity index (χ3v) is 4.89. The van der Waals surface area contributed by atoms with Gasteiger partial charge in [0, 0.05) is 18.7 Å². The van der Waals surface area contributed by atoms with Crippen LogP contribution in [0.5, 0.6) is 0 Å². The molecule has 0 radical (unpaired) electrons. The van der Waals surface area contributed by atoms with E-state index in [0.717, 1.165) is 63.9 Å².